The van der Waals surface area contributed by atoms with E-state index in [-0.39, 0.29) is 11.8 Å². The lowest BCUT2D eigenvalue weighted by molar-refractivity contribution is -0.384. The van der Waals surface area contributed by atoms with Gasteiger partial charge < -0.3 is 5.11 Å². The van der Waals surface area contributed by atoms with Crippen molar-refractivity contribution >= 4 is 5.69 Å². The fraction of sp³-hybridized carbons (Fsp3) is 0.333. The van der Waals surface area contributed by atoms with Crippen LogP contribution in [0.1, 0.15) is 11.1 Å². The van der Waals surface area contributed by atoms with Crippen molar-refractivity contribution in [2.24, 2.45) is 0 Å². The second kappa shape index (κ2) is 2.81. The minimum atomic E-state index is -0.412. The van der Waals surface area contributed by atoms with Gasteiger partial charge in [-0.2, -0.15) is 0 Å². The second-order valence-electron chi connectivity index (χ2n) is 3.27. The lowest BCUT2D eigenvalue weighted by atomic mass is 10.1. The number of nitro groups is 1. The first-order valence-corrected chi connectivity index (χ1v) is 4.11. The molecule has 1 atom stereocenters. The highest BCUT2D eigenvalue weighted by atomic mass is 16.6. The van der Waals surface area contributed by atoms with Crippen molar-refractivity contribution < 1.29 is 10.0 Å². The van der Waals surface area contributed by atoms with E-state index in [1.54, 1.807) is 12.1 Å². The van der Waals surface area contributed by atoms with Crippen LogP contribution in [0.5, 0.6) is 0 Å². The zero-order valence-corrected chi connectivity index (χ0v) is 6.93. The molecule has 0 amide bonds. The Labute approximate surface area is 75.0 Å². The van der Waals surface area contributed by atoms with Crippen LogP contribution in [-0.4, -0.2) is 16.1 Å². The van der Waals surface area contributed by atoms with Gasteiger partial charge in [-0.05, 0) is 24.0 Å². The number of non-ortho nitro benzene ring substituents is 1. The topological polar surface area (TPSA) is 63.4 Å². The average molecular weight is 179 g/mol. The maximum atomic E-state index is 10.4. The largest absolute Gasteiger partial charge is 0.392 e. The van der Waals surface area contributed by atoms with Crippen molar-refractivity contribution in [1.82, 2.24) is 0 Å². The van der Waals surface area contributed by atoms with Gasteiger partial charge in [0.05, 0.1) is 11.0 Å². The van der Waals surface area contributed by atoms with E-state index in [9.17, 15) is 15.2 Å². The summed E-state index contributed by atoms with van der Waals surface area (Å²) in [6.07, 6.45) is 0.793. The normalized spacial score (nSPS) is 19.9. The zero-order valence-electron chi connectivity index (χ0n) is 6.93. The van der Waals surface area contributed by atoms with E-state index in [0.29, 0.717) is 12.8 Å². The van der Waals surface area contributed by atoms with E-state index in [1.807, 2.05) is 0 Å². The molecule has 0 aliphatic heterocycles. The Balaban J connectivity index is 2.40. The summed E-state index contributed by atoms with van der Waals surface area (Å²) < 4.78 is 0. The average Bonchev–Trinajstić information content (AvgIpc) is 2.42. The Bertz CT molecular complexity index is 362. The van der Waals surface area contributed by atoms with Crippen LogP contribution in [0.25, 0.3) is 0 Å². The number of fused-ring (bicyclic) bond motifs is 1. The Morgan fingerprint density at radius 1 is 1.38 bits per heavy atom. The van der Waals surface area contributed by atoms with Crippen LogP contribution in [-0.2, 0) is 12.8 Å². The second-order valence-corrected chi connectivity index (χ2v) is 3.27. The van der Waals surface area contributed by atoms with Gasteiger partial charge in [-0.15, -0.1) is 0 Å². The lowest BCUT2D eigenvalue weighted by Gasteiger charge is -1.96. The minimum absolute atomic E-state index is 0.104. The predicted octanol–water partition coefficient (Wildman–Crippen LogP) is 1.05. The standard InChI is InChI=1S/C9H9NO3/c11-9-4-6-1-2-8(10(12)13)3-7(6)5-9/h1-3,9,11H,4-5H2/t9-/m0/s1. The summed E-state index contributed by atoms with van der Waals surface area (Å²) in [7, 11) is 0. The van der Waals surface area contributed by atoms with Gasteiger partial charge in [0.2, 0.25) is 0 Å². The summed E-state index contributed by atoms with van der Waals surface area (Å²) in [5.74, 6) is 0. The van der Waals surface area contributed by atoms with Crippen LogP contribution >= 0.6 is 0 Å². The van der Waals surface area contributed by atoms with Crippen LogP contribution in [0, 0.1) is 10.1 Å². The number of aliphatic hydroxyl groups excluding tert-OH is 1. The highest BCUT2D eigenvalue weighted by Gasteiger charge is 2.21. The van der Waals surface area contributed by atoms with E-state index in [4.69, 9.17) is 0 Å². The zero-order chi connectivity index (χ0) is 9.42. The molecule has 0 saturated carbocycles. The minimum Gasteiger partial charge on any atom is -0.392 e. The first kappa shape index (κ1) is 8.19. The van der Waals surface area contributed by atoms with Crippen LogP contribution in [0.3, 0.4) is 0 Å². The van der Waals surface area contributed by atoms with Crippen LogP contribution < -0.4 is 0 Å². The van der Waals surface area contributed by atoms with Gasteiger partial charge >= 0.3 is 0 Å². The Morgan fingerprint density at radius 3 is 2.77 bits per heavy atom. The maximum Gasteiger partial charge on any atom is 0.269 e. The fourth-order valence-corrected chi connectivity index (χ4v) is 1.69. The van der Waals surface area contributed by atoms with Crippen LogP contribution in [0.15, 0.2) is 18.2 Å². The van der Waals surface area contributed by atoms with E-state index in [2.05, 4.69) is 0 Å². The van der Waals surface area contributed by atoms with Crippen molar-refractivity contribution in [1.29, 1.82) is 0 Å². The number of hydrogen-bond donors (Lipinski definition) is 1. The molecule has 0 spiro atoms. The van der Waals surface area contributed by atoms with E-state index < -0.39 is 4.92 Å². The van der Waals surface area contributed by atoms with E-state index in [1.165, 1.54) is 6.07 Å². The van der Waals surface area contributed by atoms with E-state index in [0.717, 1.165) is 11.1 Å². The number of hydrogen-bond acceptors (Lipinski definition) is 3. The Morgan fingerprint density at radius 2 is 2.08 bits per heavy atom. The van der Waals surface area contributed by atoms with E-state index >= 15 is 0 Å². The molecule has 2 rings (SSSR count). The number of nitro benzene ring substituents is 1. The Hall–Kier alpha value is -1.42. The summed E-state index contributed by atoms with van der Waals surface area (Å²) >= 11 is 0. The van der Waals surface area contributed by atoms with Crippen molar-refractivity contribution in [3.63, 3.8) is 0 Å². The molecule has 0 saturated heterocycles. The van der Waals surface area contributed by atoms with Crippen molar-refractivity contribution in [3.05, 3.63) is 39.4 Å². The molecule has 0 heterocycles. The third-order valence-electron chi connectivity index (χ3n) is 2.31. The third kappa shape index (κ3) is 1.40. The Kier molecular flexibility index (Phi) is 1.77. The molecule has 13 heavy (non-hydrogen) atoms. The molecular formula is C9H9NO3. The maximum absolute atomic E-state index is 10.4. The molecule has 1 aromatic carbocycles. The molecule has 1 aliphatic carbocycles. The fourth-order valence-electron chi connectivity index (χ4n) is 1.69. The highest BCUT2D eigenvalue weighted by Crippen LogP contribution is 2.25. The smallest absolute Gasteiger partial charge is 0.269 e. The SMILES string of the molecule is O=[N+]([O-])c1ccc2c(c1)C[C@@H](O)C2. The number of rotatable bonds is 1. The molecule has 1 aromatic rings. The molecule has 0 radical (unpaired) electrons. The summed E-state index contributed by atoms with van der Waals surface area (Å²) in [6, 6.07) is 4.76. The highest BCUT2D eigenvalue weighted by molar-refractivity contribution is 5.42. The van der Waals surface area contributed by atoms with Gasteiger partial charge in [-0.25, -0.2) is 0 Å². The van der Waals surface area contributed by atoms with Crippen LogP contribution in [0.2, 0.25) is 0 Å². The van der Waals surface area contributed by atoms with Crippen LogP contribution in [0.4, 0.5) is 5.69 Å². The predicted molar refractivity (Wildman–Crippen MR) is 46.5 cm³/mol. The molecular weight excluding hydrogens is 170 g/mol. The summed E-state index contributed by atoms with van der Waals surface area (Å²) in [4.78, 5) is 10.0. The van der Waals surface area contributed by atoms with Gasteiger partial charge in [0.1, 0.15) is 0 Å². The molecule has 1 aliphatic rings. The summed E-state index contributed by atoms with van der Waals surface area (Å²) in [5, 5.41) is 19.7. The molecule has 1 N–H and O–H groups in total. The molecule has 0 unspecified atom stereocenters. The lowest BCUT2D eigenvalue weighted by Crippen LogP contribution is -2.03. The number of nitrogens with zero attached hydrogens (tertiary/aromatic N) is 1. The molecule has 68 valence electrons. The van der Waals surface area contributed by atoms with Gasteiger partial charge in [0.25, 0.3) is 5.69 Å². The van der Waals surface area contributed by atoms with Gasteiger partial charge in [-0.3, -0.25) is 10.1 Å². The van der Waals surface area contributed by atoms with Gasteiger partial charge in [-0.1, -0.05) is 6.07 Å². The summed E-state index contributed by atoms with van der Waals surface area (Å²) in [6.45, 7) is 0. The first-order valence-electron chi connectivity index (χ1n) is 4.11. The third-order valence-corrected chi connectivity index (χ3v) is 2.31. The molecule has 4 nitrogen and oxygen atoms in total. The molecule has 4 heteroatoms. The molecule has 0 fully saturated rings. The van der Waals surface area contributed by atoms with Crippen molar-refractivity contribution in [3.8, 4) is 0 Å². The molecule has 0 aromatic heterocycles. The number of aliphatic hydroxyl groups is 1. The van der Waals surface area contributed by atoms with Gasteiger partial charge in [0.15, 0.2) is 0 Å². The van der Waals surface area contributed by atoms with Crippen molar-refractivity contribution in [2.75, 3.05) is 0 Å². The summed E-state index contributed by atoms with van der Waals surface area (Å²) in [5.41, 5.74) is 2.03. The van der Waals surface area contributed by atoms with Gasteiger partial charge in [0, 0.05) is 12.1 Å². The number of benzene rings is 1. The van der Waals surface area contributed by atoms with Crippen molar-refractivity contribution in [2.45, 2.75) is 18.9 Å². The molecule has 0 bridgehead atoms. The quantitative estimate of drug-likeness (QED) is 0.517. The monoisotopic (exact) mass is 179 g/mol. The first-order chi connectivity index (χ1) is 6.16.